The maximum Gasteiger partial charge on any atom is 0.179 e. The van der Waals surface area contributed by atoms with Gasteiger partial charge in [-0.2, -0.15) is 5.26 Å². The van der Waals surface area contributed by atoms with Crippen LogP contribution in [0.3, 0.4) is 0 Å². The monoisotopic (exact) mass is 351 g/mol. The van der Waals surface area contributed by atoms with Crippen LogP contribution in [0.15, 0.2) is 18.5 Å². The van der Waals surface area contributed by atoms with Gasteiger partial charge in [0.2, 0.25) is 0 Å². The van der Waals surface area contributed by atoms with Crippen LogP contribution >= 0.6 is 0 Å². The molecule has 3 aromatic heterocycles. The summed E-state index contributed by atoms with van der Waals surface area (Å²) in [5.41, 5.74) is 2.51. The van der Waals surface area contributed by atoms with Crippen molar-refractivity contribution in [2.45, 2.75) is 31.2 Å². The molecule has 1 N–H and O–H groups in total. The summed E-state index contributed by atoms with van der Waals surface area (Å²) in [5, 5.41) is 18.2. The van der Waals surface area contributed by atoms with Crippen LogP contribution in [-0.4, -0.2) is 61.3 Å². The molecule has 0 aliphatic carbocycles. The zero-order valence-corrected chi connectivity index (χ0v) is 14.7. The lowest BCUT2D eigenvalue weighted by Crippen LogP contribution is -2.61. The van der Waals surface area contributed by atoms with E-state index < -0.39 is 0 Å². The van der Waals surface area contributed by atoms with Crippen LogP contribution in [0.2, 0.25) is 0 Å². The Morgan fingerprint density at radius 2 is 2.27 bits per heavy atom. The van der Waals surface area contributed by atoms with E-state index in [-0.39, 0.29) is 11.5 Å². The lowest BCUT2D eigenvalue weighted by Gasteiger charge is -2.47. The van der Waals surface area contributed by atoms with Crippen LogP contribution in [0.25, 0.3) is 16.8 Å². The molecular formula is C18H21N7O. The SMILES string of the molecule is CC[C@H]1CN(C2(CC#N)COC2)C[C@H]1c1nnc2cnc3[nH]ccc3n12. The van der Waals surface area contributed by atoms with Crippen LogP contribution in [0.1, 0.15) is 31.5 Å². The fourth-order valence-corrected chi connectivity index (χ4v) is 4.48. The van der Waals surface area contributed by atoms with Gasteiger partial charge in [0.05, 0.1) is 43.0 Å². The van der Waals surface area contributed by atoms with Crippen molar-refractivity contribution in [2.24, 2.45) is 5.92 Å². The summed E-state index contributed by atoms with van der Waals surface area (Å²) in [5.74, 6) is 1.76. The molecule has 0 amide bonds. The minimum Gasteiger partial charge on any atom is -0.377 e. The van der Waals surface area contributed by atoms with Gasteiger partial charge in [-0.05, 0) is 12.0 Å². The van der Waals surface area contributed by atoms with Gasteiger partial charge in [-0.1, -0.05) is 13.3 Å². The van der Waals surface area contributed by atoms with Crippen molar-refractivity contribution < 1.29 is 4.74 Å². The zero-order chi connectivity index (χ0) is 17.7. The number of nitriles is 1. The number of H-pyrrole nitrogens is 1. The van der Waals surface area contributed by atoms with Gasteiger partial charge in [0.25, 0.3) is 0 Å². The summed E-state index contributed by atoms with van der Waals surface area (Å²) < 4.78 is 7.61. The predicted octanol–water partition coefficient (Wildman–Crippen LogP) is 1.71. The number of nitrogens with one attached hydrogen (secondary N) is 1. The van der Waals surface area contributed by atoms with E-state index in [2.05, 4.69) is 42.5 Å². The highest BCUT2D eigenvalue weighted by atomic mass is 16.5. The van der Waals surface area contributed by atoms with Crippen molar-refractivity contribution in [1.82, 2.24) is 29.5 Å². The predicted molar refractivity (Wildman–Crippen MR) is 94.5 cm³/mol. The molecule has 134 valence electrons. The first-order valence-corrected chi connectivity index (χ1v) is 9.12. The van der Waals surface area contributed by atoms with Gasteiger partial charge in [0, 0.05) is 25.2 Å². The van der Waals surface area contributed by atoms with E-state index in [0.717, 1.165) is 42.1 Å². The smallest absolute Gasteiger partial charge is 0.179 e. The molecule has 5 rings (SSSR count). The number of hydrogen-bond acceptors (Lipinski definition) is 6. The molecule has 2 aliphatic heterocycles. The summed E-state index contributed by atoms with van der Waals surface area (Å²) in [6.45, 7) is 5.39. The van der Waals surface area contributed by atoms with Crippen LogP contribution in [-0.2, 0) is 4.74 Å². The first kappa shape index (κ1) is 15.7. The number of fused-ring (bicyclic) bond motifs is 3. The molecule has 5 heterocycles. The standard InChI is InChI=1S/C18H21N7O/c1-2-12-8-24(18(4-5-19)10-26-11-18)9-13(12)17-23-22-15-7-21-16-14(25(15)17)3-6-20-16/h3,6-7,12-13,20H,2,4,8-11H2,1H3/t12-,13+/m0/s1. The number of nitrogens with zero attached hydrogens (tertiary/aromatic N) is 6. The number of ether oxygens (including phenoxy) is 1. The highest BCUT2D eigenvalue weighted by Gasteiger charge is 2.49. The van der Waals surface area contributed by atoms with Gasteiger partial charge in [-0.3, -0.25) is 9.30 Å². The third kappa shape index (κ3) is 2.11. The summed E-state index contributed by atoms with van der Waals surface area (Å²) >= 11 is 0. The van der Waals surface area contributed by atoms with Gasteiger partial charge in [-0.15, -0.1) is 10.2 Å². The number of aromatic amines is 1. The average Bonchev–Trinajstić information content (AvgIpc) is 3.32. The van der Waals surface area contributed by atoms with Crippen molar-refractivity contribution in [3.05, 3.63) is 24.3 Å². The third-order valence-electron chi connectivity index (χ3n) is 6.08. The van der Waals surface area contributed by atoms with Gasteiger partial charge in [0.15, 0.2) is 11.3 Å². The van der Waals surface area contributed by atoms with E-state index in [1.807, 2.05) is 12.3 Å². The minimum absolute atomic E-state index is 0.123. The molecule has 2 aliphatic rings. The summed E-state index contributed by atoms with van der Waals surface area (Å²) in [7, 11) is 0. The highest BCUT2D eigenvalue weighted by molar-refractivity contribution is 5.74. The molecule has 0 saturated carbocycles. The molecule has 2 saturated heterocycles. The van der Waals surface area contributed by atoms with Crippen molar-refractivity contribution in [2.75, 3.05) is 26.3 Å². The average molecular weight is 351 g/mol. The Kier molecular flexibility index (Phi) is 3.48. The number of aromatic nitrogens is 5. The maximum absolute atomic E-state index is 9.27. The summed E-state index contributed by atoms with van der Waals surface area (Å²) in [4.78, 5) is 10.0. The van der Waals surface area contributed by atoms with Crippen LogP contribution in [0.5, 0.6) is 0 Å². The fraction of sp³-hybridized carbons (Fsp3) is 0.556. The Bertz CT molecular complexity index is 996. The molecule has 8 heteroatoms. The largest absolute Gasteiger partial charge is 0.377 e. The Hall–Kier alpha value is -2.50. The Morgan fingerprint density at radius 3 is 3.00 bits per heavy atom. The van der Waals surface area contributed by atoms with E-state index in [1.54, 1.807) is 6.20 Å². The van der Waals surface area contributed by atoms with Gasteiger partial charge in [0.1, 0.15) is 5.82 Å². The highest BCUT2D eigenvalue weighted by Crippen LogP contribution is 2.41. The van der Waals surface area contributed by atoms with Crippen LogP contribution in [0.4, 0.5) is 0 Å². The van der Waals surface area contributed by atoms with Crippen molar-refractivity contribution in [3.8, 4) is 6.07 Å². The van der Waals surface area contributed by atoms with Crippen LogP contribution < -0.4 is 0 Å². The van der Waals surface area contributed by atoms with Crippen LogP contribution in [0, 0.1) is 17.2 Å². The van der Waals surface area contributed by atoms with E-state index >= 15 is 0 Å². The molecule has 26 heavy (non-hydrogen) atoms. The molecule has 2 atom stereocenters. The molecule has 0 unspecified atom stereocenters. The van der Waals surface area contributed by atoms with Gasteiger partial charge in [-0.25, -0.2) is 4.98 Å². The van der Waals surface area contributed by atoms with Gasteiger partial charge >= 0.3 is 0 Å². The molecular weight excluding hydrogens is 330 g/mol. The molecule has 0 radical (unpaired) electrons. The lowest BCUT2D eigenvalue weighted by atomic mass is 9.91. The lowest BCUT2D eigenvalue weighted by molar-refractivity contribution is -0.132. The van der Waals surface area contributed by atoms with E-state index in [1.165, 1.54) is 0 Å². The normalized spacial score (nSPS) is 25.5. The molecule has 3 aromatic rings. The molecule has 8 nitrogen and oxygen atoms in total. The molecule has 2 fully saturated rings. The molecule has 0 aromatic carbocycles. The second-order valence-corrected chi connectivity index (χ2v) is 7.45. The Labute approximate surface area is 150 Å². The molecule has 0 spiro atoms. The first-order chi connectivity index (χ1) is 12.8. The number of hydrogen-bond donors (Lipinski definition) is 1. The Balaban J connectivity index is 1.56. The Morgan fingerprint density at radius 1 is 1.38 bits per heavy atom. The van der Waals surface area contributed by atoms with E-state index in [9.17, 15) is 5.26 Å². The molecule has 0 bridgehead atoms. The van der Waals surface area contributed by atoms with E-state index in [4.69, 9.17) is 4.74 Å². The fourth-order valence-electron chi connectivity index (χ4n) is 4.48. The van der Waals surface area contributed by atoms with Crippen molar-refractivity contribution >= 4 is 16.8 Å². The number of rotatable bonds is 4. The topological polar surface area (TPSA) is 95.1 Å². The third-order valence-corrected chi connectivity index (χ3v) is 6.08. The zero-order valence-electron chi connectivity index (χ0n) is 14.7. The van der Waals surface area contributed by atoms with Crippen molar-refractivity contribution in [3.63, 3.8) is 0 Å². The summed E-state index contributed by atoms with van der Waals surface area (Å²) in [6, 6.07) is 4.37. The second kappa shape index (κ2) is 5.76. The number of likely N-dealkylation sites (tertiary alicyclic amines) is 1. The van der Waals surface area contributed by atoms with Crippen molar-refractivity contribution in [1.29, 1.82) is 5.26 Å². The first-order valence-electron chi connectivity index (χ1n) is 9.12. The summed E-state index contributed by atoms with van der Waals surface area (Å²) in [6.07, 6.45) is 5.25. The van der Waals surface area contributed by atoms with E-state index in [0.29, 0.717) is 25.6 Å². The quantitative estimate of drug-likeness (QED) is 0.769. The maximum atomic E-state index is 9.27. The second-order valence-electron chi connectivity index (χ2n) is 7.45. The minimum atomic E-state index is -0.123. The van der Waals surface area contributed by atoms with Gasteiger partial charge < -0.3 is 9.72 Å².